The molecule has 0 aliphatic heterocycles. The van der Waals surface area contributed by atoms with Gasteiger partial charge in [-0.25, -0.2) is 14.2 Å². The van der Waals surface area contributed by atoms with Gasteiger partial charge in [0.15, 0.2) is 0 Å². The second kappa shape index (κ2) is 5.45. The van der Waals surface area contributed by atoms with E-state index in [0.29, 0.717) is 16.7 Å². The molecule has 2 rings (SSSR count). The highest BCUT2D eigenvalue weighted by molar-refractivity contribution is 9.10. The highest BCUT2D eigenvalue weighted by Crippen LogP contribution is 2.20. The lowest BCUT2D eigenvalue weighted by atomic mass is 10.3. The SMILES string of the molecule is O=C(O)c1nc(CNc2ccc(F)c(Br)c2)cs1. The maximum absolute atomic E-state index is 13.0. The molecular weight excluding hydrogens is 323 g/mol. The van der Waals surface area contributed by atoms with Crippen molar-refractivity contribution in [2.24, 2.45) is 0 Å². The lowest BCUT2D eigenvalue weighted by Crippen LogP contribution is -2.01. The zero-order valence-corrected chi connectivity index (χ0v) is 11.4. The Morgan fingerprint density at radius 3 is 2.94 bits per heavy atom. The van der Waals surface area contributed by atoms with Crippen LogP contribution in [0.15, 0.2) is 28.1 Å². The number of nitrogens with one attached hydrogen (secondary N) is 1. The van der Waals surface area contributed by atoms with Crippen LogP contribution in [-0.2, 0) is 6.54 Å². The third-order valence-corrected chi connectivity index (χ3v) is 3.61. The van der Waals surface area contributed by atoms with E-state index in [0.717, 1.165) is 17.0 Å². The predicted molar refractivity (Wildman–Crippen MR) is 70.5 cm³/mol. The molecule has 0 atom stereocenters. The Hall–Kier alpha value is -1.47. The maximum atomic E-state index is 13.0. The van der Waals surface area contributed by atoms with Crippen LogP contribution in [0.1, 0.15) is 15.5 Å². The summed E-state index contributed by atoms with van der Waals surface area (Å²) >= 11 is 4.17. The van der Waals surface area contributed by atoms with Gasteiger partial charge in [-0.2, -0.15) is 0 Å². The van der Waals surface area contributed by atoms with Gasteiger partial charge in [0.2, 0.25) is 5.01 Å². The van der Waals surface area contributed by atoms with Crippen LogP contribution in [0.3, 0.4) is 0 Å². The number of carbonyl (C=O) groups is 1. The lowest BCUT2D eigenvalue weighted by Gasteiger charge is -2.05. The average Bonchev–Trinajstić information content (AvgIpc) is 2.79. The molecule has 0 amide bonds. The minimum atomic E-state index is -1.03. The summed E-state index contributed by atoms with van der Waals surface area (Å²) in [5.41, 5.74) is 1.37. The van der Waals surface area contributed by atoms with Crippen LogP contribution in [0.5, 0.6) is 0 Å². The van der Waals surface area contributed by atoms with Gasteiger partial charge in [-0.3, -0.25) is 0 Å². The number of thiazole rings is 1. The van der Waals surface area contributed by atoms with Crippen LogP contribution < -0.4 is 5.32 Å². The monoisotopic (exact) mass is 330 g/mol. The number of halogens is 2. The van der Waals surface area contributed by atoms with E-state index < -0.39 is 5.97 Å². The second-order valence-corrected chi connectivity index (χ2v) is 5.14. The van der Waals surface area contributed by atoms with E-state index in [-0.39, 0.29) is 10.8 Å². The standard InChI is InChI=1S/C11H8BrFN2O2S/c12-8-3-6(1-2-9(8)13)14-4-7-5-18-10(15-7)11(16)17/h1-3,5,14H,4H2,(H,16,17). The molecule has 0 unspecified atom stereocenters. The first kappa shape index (κ1) is 13.0. The molecule has 94 valence electrons. The Morgan fingerprint density at radius 1 is 1.56 bits per heavy atom. The fourth-order valence-corrected chi connectivity index (χ4v) is 2.32. The van der Waals surface area contributed by atoms with Crippen LogP contribution in [0.25, 0.3) is 0 Å². The summed E-state index contributed by atoms with van der Waals surface area (Å²) in [7, 11) is 0. The van der Waals surface area contributed by atoms with Gasteiger partial charge in [-0.05, 0) is 34.1 Å². The number of aromatic carboxylic acids is 1. The first-order chi connectivity index (χ1) is 8.56. The van der Waals surface area contributed by atoms with Gasteiger partial charge in [0.1, 0.15) is 5.82 Å². The Kier molecular flexibility index (Phi) is 3.93. The predicted octanol–water partition coefficient (Wildman–Crippen LogP) is 3.36. The Balaban J connectivity index is 2.02. The maximum Gasteiger partial charge on any atom is 0.365 e. The Morgan fingerprint density at radius 2 is 2.33 bits per heavy atom. The number of carboxylic acid groups (broad SMARTS) is 1. The summed E-state index contributed by atoms with van der Waals surface area (Å²) in [6.45, 7) is 0.391. The Labute approximate surface area is 115 Å². The molecule has 18 heavy (non-hydrogen) atoms. The van der Waals surface area contributed by atoms with Crippen LogP contribution in [0.4, 0.5) is 10.1 Å². The van der Waals surface area contributed by atoms with E-state index in [9.17, 15) is 9.18 Å². The van der Waals surface area contributed by atoms with E-state index in [4.69, 9.17) is 5.11 Å². The first-order valence-corrected chi connectivity index (χ1v) is 6.60. The second-order valence-electron chi connectivity index (χ2n) is 3.43. The number of benzene rings is 1. The number of anilines is 1. The van der Waals surface area contributed by atoms with Crippen LogP contribution in [-0.4, -0.2) is 16.1 Å². The molecular formula is C11H8BrFN2O2S. The van der Waals surface area contributed by atoms with Crippen molar-refractivity contribution in [1.82, 2.24) is 4.98 Å². The molecule has 0 fully saturated rings. The summed E-state index contributed by atoms with van der Waals surface area (Å²) in [6, 6.07) is 4.56. The molecule has 2 N–H and O–H groups in total. The summed E-state index contributed by atoms with van der Waals surface area (Å²) in [5.74, 6) is -1.36. The molecule has 0 saturated heterocycles. The molecule has 1 aromatic carbocycles. The molecule has 0 bridgehead atoms. The van der Waals surface area contributed by atoms with Crippen LogP contribution in [0.2, 0.25) is 0 Å². The molecule has 4 nitrogen and oxygen atoms in total. The molecule has 0 aliphatic carbocycles. The number of aromatic nitrogens is 1. The van der Waals surface area contributed by atoms with Gasteiger partial charge in [-0.15, -0.1) is 11.3 Å². The number of nitrogens with zero attached hydrogens (tertiary/aromatic N) is 1. The molecule has 1 heterocycles. The summed E-state index contributed by atoms with van der Waals surface area (Å²) in [6.07, 6.45) is 0. The summed E-state index contributed by atoms with van der Waals surface area (Å²) in [4.78, 5) is 14.6. The van der Waals surface area contributed by atoms with Crippen molar-refractivity contribution in [3.05, 3.63) is 44.6 Å². The molecule has 0 saturated carbocycles. The number of rotatable bonds is 4. The highest BCUT2D eigenvalue weighted by atomic mass is 79.9. The molecule has 0 aliphatic rings. The van der Waals surface area contributed by atoms with E-state index >= 15 is 0 Å². The van der Waals surface area contributed by atoms with Gasteiger partial charge in [0.25, 0.3) is 0 Å². The van der Waals surface area contributed by atoms with Gasteiger partial charge < -0.3 is 10.4 Å². The van der Waals surface area contributed by atoms with Crippen molar-refractivity contribution >= 4 is 38.9 Å². The third-order valence-electron chi connectivity index (χ3n) is 2.13. The van der Waals surface area contributed by atoms with Crippen molar-refractivity contribution in [2.75, 3.05) is 5.32 Å². The van der Waals surface area contributed by atoms with Crippen molar-refractivity contribution in [1.29, 1.82) is 0 Å². The molecule has 7 heteroatoms. The fourth-order valence-electron chi connectivity index (χ4n) is 1.29. The van der Waals surface area contributed by atoms with Gasteiger partial charge in [-0.1, -0.05) is 0 Å². The fraction of sp³-hybridized carbons (Fsp3) is 0.0909. The van der Waals surface area contributed by atoms with Crippen molar-refractivity contribution < 1.29 is 14.3 Å². The molecule has 0 spiro atoms. The van der Waals surface area contributed by atoms with Crippen LogP contribution >= 0.6 is 27.3 Å². The molecule has 1 aromatic heterocycles. The molecule has 0 radical (unpaired) electrons. The van der Waals surface area contributed by atoms with Crippen molar-refractivity contribution in [2.45, 2.75) is 6.54 Å². The largest absolute Gasteiger partial charge is 0.476 e. The minimum absolute atomic E-state index is 0.0621. The highest BCUT2D eigenvalue weighted by Gasteiger charge is 2.08. The van der Waals surface area contributed by atoms with Crippen molar-refractivity contribution in [3.8, 4) is 0 Å². The zero-order valence-electron chi connectivity index (χ0n) is 8.98. The van der Waals surface area contributed by atoms with E-state index in [2.05, 4.69) is 26.2 Å². The van der Waals surface area contributed by atoms with E-state index in [1.165, 1.54) is 6.07 Å². The summed E-state index contributed by atoms with van der Waals surface area (Å²) in [5, 5.41) is 13.5. The van der Waals surface area contributed by atoms with Gasteiger partial charge >= 0.3 is 5.97 Å². The quantitative estimate of drug-likeness (QED) is 0.902. The van der Waals surface area contributed by atoms with E-state index in [1.54, 1.807) is 17.5 Å². The smallest absolute Gasteiger partial charge is 0.365 e. The number of hydrogen-bond donors (Lipinski definition) is 2. The normalized spacial score (nSPS) is 10.3. The minimum Gasteiger partial charge on any atom is -0.476 e. The van der Waals surface area contributed by atoms with Crippen LogP contribution in [0, 0.1) is 5.82 Å². The first-order valence-electron chi connectivity index (χ1n) is 4.93. The Bertz CT molecular complexity index is 588. The number of hydrogen-bond acceptors (Lipinski definition) is 4. The average molecular weight is 331 g/mol. The van der Waals surface area contributed by atoms with Gasteiger partial charge in [0.05, 0.1) is 16.7 Å². The van der Waals surface area contributed by atoms with E-state index in [1.807, 2.05) is 0 Å². The van der Waals surface area contributed by atoms with Gasteiger partial charge in [0, 0.05) is 11.1 Å². The zero-order chi connectivity index (χ0) is 13.1. The lowest BCUT2D eigenvalue weighted by molar-refractivity contribution is 0.0696. The summed E-state index contributed by atoms with van der Waals surface area (Å²) < 4.78 is 13.4. The topological polar surface area (TPSA) is 62.2 Å². The third kappa shape index (κ3) is 3.05. The molecule has 2 aromatic rings. The van der Waals surface area contributed by atoms with Crippen molar-refractivity contribution in [3.63, 3.8) is 0 Å². The number of carboxylic acids is 1.